The van der Waals surface area contributed by atoms with Gasteiger partial charge >= 0.3 is 0 Å². The largest absolute Gasteiger partial charge is 0.378 e. The molecule has 0 amide bonds. The van der Waals surface area contributed by atoms with Gasteiger partial charge in [0.2, 0.25) is 0 Å². The van der Waals surface area contributed by atoms with Gasteiger partial charge in [-0.05, 0) is 56.2 Å². The van der Waals surface area contributed by atoms with Crippen LogP contribution in [-0.4, -0.2) is 50.8 Å². The summed E-state index contributed by atoms with van der Waals surface area (Å²) < 4.78 is 5.33. The summed E-state index contributed by atoms with van der Waals surface area (Å²) in [6, 6.07) is 56.1. The maximum Gasteiger partial charge on any atom is 0.251 e. The van der Waals surface area contributed by atoms with E-state index in [2.05, 4.69) is 193 Å². The van der Waals surface area contributed by atoms with Gasteiger partial charge in [0.25, 0.3) is 13.4 Å². The van der Waals surface area contributed by atoms with Crippen molar-refractivity contribution in [2.24, 2.45) is 0 Å². The van der Waals surface area contributed by atoms with Crippen molar-refractivity contribution >= 4 is 134 Å². The average Bonchev–Trinajstić information content (AvgIpc) is 4.03. The third-order valence-corrected chi connectivity index (χ3v) is 15.6. The molecular weight excluding hydrogens is 750 g/mol. The van der Waals surface area contributed by atoms with E-state index in [1.807, 2.05) is 0 Å². The summed E-state index contributed by atoms with van der Waals surface area (Å²) in [5.41, 5.74) is 24.5. The maximum absolute atomic E-state index is 2.67. The van der Waals surface area contributed by atoms with Crippen molar-refractivity contribution in [3.8, 4) is 33.6 Å². The topological polar surface area (TPSA) is 16.3 Å². The first-order valence-corrected chi connectivity index (χ1v) is 22.0. The van der Waals surface area contributed by atoms with Crippen LogP contribution >= 0.6 is 0 Å². The van der Waals surface area contributed by atoms with E-state index in [-0.39, 0.29) is 13.4 Å². The molecule has 62 heavy (non-hydrogen) atoms. The molecule has 6 heteroatoms. The van der Waals surface area contributed by atoms with Gasteiger partial charge in [0.15, 0.2) is 0 Å². The van der Waals surface area contributed by atoms with E-state index < -0.39 is 0 Å². The number of para-hydroxylation sites is 2. The number of fused-ring (bicyclic) bond motifs is 20. The second-order valence-electron chi connectivity index (χ2n) is 18.7. The second kappa shape index (κ2) is 10.5. The zero-order chi connectivity index (χ0) is 40.6. The Kier molecular flexibility index (Phi) is 5.50. The molecule has 6 heterocycles. The highest BCUT2D eigenvalue weighted by Gasteiger charge is 2.46. The first-order chi connectivity index (χ1) is 30.5. The molecule has 4 nitrogen and oxygen atoms in total. The molecule has 286 valence electrons. The van der Waals surface area contributed by atoms with Crippen molar-refractivity contribution in [3.63, 3.8) is 0 Å². The van der Waals surface area contributed by atoms with Crippen LogP contribution in [0, 0.1) is 0 Å². The summed E-state index contributed by atoms with van der Waals surface area (Å²) in [6.07, 6.45) is 0. The first-order valence-electron chi connectivity index (χ1n) is 22.0. The molecule has 16 rings (SSSR count). The van der Waals surface area contributed by atoms with Gasteiger partial charge in [0, 0.05) is 104 Å². The summed E-state index contributed by atoms with van der Waals surface area (Å²) in [6.45, 7) is 0.238. The lowest BCUT2D eigenvalue weighted by Crippen LogP contribution is -2.55. The van der Waals surface area contributed by atoms with Crippen molar-refractivity contribution < 1.29 is 0 Å². The molecule has 0 aliphatic carbocycles. The number of anilines is 2. The Morgan fingerprint density at radius 1 is 0.339 bits per heavy atom. The van der Waals surface area contributed by atoms with E-state index in [9.17, 15) is 0 Å². The lowest BCUT2D eigenvalue weighted by molar-refractivity contribution is 1.13. The van der Waals surface area contributed by atoms with Crippen molar-refractivity contribution in [3.05, 3.63) is 146 Å². The van der Waals surface area contributed by atoms with E-state index in [1.54, 1.807) is 0 Å². The molecule has 4 aliphatic heterocycles. The lowest BCUT2D eigenvalue weighted by atomic mass is 9.36. The van der Waals surface area contributed by atoms with Gasteiger partial charge in [0.05, 0.1) is 22.4 Å². The molecule has 12 aromatic rings. The van der Waals surface area contributed by atoms with Crippen molar-refractivity contribution in [2.75, 3.05) is 38.0 Å². The molecule has 2 aromatic heterocycles. The fourth-order valence-corrected chi connectivity index (χ4v) is 13.7. The lowest BCUT2D eigenvalue weighted by Gasteiger charge is -2.35. The van der Waals surface area contributed by atoms with E-state index in [4.69, 9.17) is 0 Å². The van der Waals surface area contributed by atoms with Crippen LogP contribution in [0.25, 0.3) is 110 Å². The molecule has 0 saturated carbocycles. The summed E-state index contributed by atoms with van der Waals surface area (Å²) in [4.78, 5) is 4.83. The molecule has 0 fully saturated rings. The van der Waals surface area contributed by atoms with Gasteiger partial charge in [-0.1, -0.05) is 144 Å². The quantitative estimate of drug-likeness (QED) is 0.129. The molecular formula is C56H36B2N4. The van der Waals surface area contributed by atoms with Crippen LogP contribution in [-0.2, 0) is 0 Å². The monoisotopic (exact) mass is 786 g/mol. The summed E-state index contributed by atoms with van der Waals surface area (Å²) in [5, 5.41) is 13.3. The minimum absolute atomic E-state index is 0.119. The highest BCUT2D eigenvalue weighted by atomic mass is 15.1. The summed E-state index contributed by atoms with van der Waals surface area (Å²) >= 11 is 0. The Bertz CT molecular complexity index is 3860. The van der Waals surface area contributed by atoms with E-state index in [1.165, 1.54) is 154 Å². The molecule has 0 radical (unpaired) electrons. The molecule has 0 spiro atoms. The summed E-state index contributed by atoms with van der Waals surface area (Å²) in [5.74, 6) is 0. The Hall–Kier alpha value is -7.43. The molecule has 0 atom stereocenters. The Balaban J connectivity index is 1.16. The maximum atomic E-state index is 2.67. The van der Waals surface area contributed by atoms with E-state index in [0.29, 0.717) is 0 Å². The number of rotatable bonds is 2. The van der Waals surface area contributed by atoms with E-state index >= 15 is 0 Å². The summed E-state index contributed by atoms with van der Waals surface area (Å²) in [7, 11) is 9.06. The Labute approximate surface area is 358 Å². The van der Waals surface area contributed by atoms with Crippen molar-refractivity contribution in [2.45, 2.75) is 0 Å². The first kappa shape index (κ1) is 32.4. The average molecular weight is 787 g/mol. The van der Waals surface area contributed by atoms with E-state index in [0.717, 1.165) is 0 Å². The van der Waals surface area contributed by atoms with Crippen LogP contribution in [0.1, 0.15) is 0 Å². The molecule has 0 bridgehead atoms. The molecule has 10 aromatic carbocycles. The van der Waals surface area contributed by atoms with Gasteiger partial charge in [0.1, 0.15) is 0 Å². The van der Waals surface area contributed by atoms with Crippen LogP contribution < -0.4 is 42.6 Å². The number of nitrogens with zero attached hydrogens (tertiary/aromatic N) is 4. The molecule has 4 aliphatic rings. The fourth-order valence-electron chi connectivity index (χ4n) is 13.7. The van der Waals surface area contributed by atoms with Crippen LogP contribution in [0.2, 0.25) is 0 Å². The Morgan fingerprint density at radius 3 is 1.18 bits per heavy atom. The third kappa shape index (κ3) is 3.34. The number of benzene rings is 10. The van der Waals surface area contributed by atoms with Gasteiger partial charge in [-0.25, -0.2) is 0 Å². The molecule has 0 saturated heterocycles. The van der Waals surface area contributed by atoms with Crippen LogP contribution in [0.5, 0.6) is 0 Å². The third-order valence-electron chi connectivity index (χ3n) is 15.6. The van der Waals surface area contributed by atoms with Gasteiger partial charge < -0.3 is 18.9 Å². The SMILES string of the molecule is CN(C)c1c2c(c3ccc4c(N(C)C)c5c(c6ccc1c3c46)-n1c3ccccc3c3ccc4c(c31)B5c1ccccc1-4)-n1c3ccccc3c3ccc4c(c31)B2c1ccccc1-4. The Morgan fingerprint density at radius 2 is 0.726 bits per heavy atom. The molecule has 0 unspecified atom stereocenters. The zero-order valence-electron chi connectivity index (χ0n) is 34.8. The highest BCUT2D eigenvalue weighted by molar-refractivity contribution is 7.03. The van der Waals surface area contributed by atoms with Crippen LogP contribution in [0.4, 0.5) is 11.4 Å². The van der Waals surface area contributed by atoms with Crippen molar-refractivity contribution in [1.82, 2.24) is 9.13 Å². The van der Waals surface area contributed by atoms with Gasteiger partial charge in [-0.3, -0.25) is 0 Å². The number of aromatic nitrogens is 2. The standard InChI is InChI=1S/C56H36B2N4/c1-59(2)51-37-25-27-40-46-38(52(60(3)4)50-56(40)62-44-20-12-8-16-32(44)36-24-22-34-30-14-6-10-18-42(30)58(50)48(34)54(36)62)26-28-39(45(37)46)55-49(51)57-41-17-9-5-13-29(41)33-21-23-35-31-15-7-11-19-43(31)61(55)53(35)47(33)57/h5-28H,1-4H3. The fraction of sp³-hybridized carbons (Fsp3) is 0.0714. The minimum Gasteiger partial charge on any atom is -0.378 e. The second-order valence-corrected chi connectivity index (χ2v) is 18.7. The van der Waals surface area contributed by atoms with Gasteiger partial charge in [-0.15, -0.1) is 0 Å². The van der Waals surface area contributed by atoms with Gasteiger partial charge in [-0.2, -0.15) is 0 Å². The van der Waals surface area contributed by atoms with Crippen LogP contribution in [0.3, 0.4) is 0 Å². The minimum atomic E-state index is 0.119. The predicted octanol–water partition coefficient (Wildman–Crippen LogP) is 8.53. The number of hydrogen-bond acceptors (Lipinski definition) is 2. The smallest absolute Gasteiger partial charge is 0.251 e. The molecule has 0 N–H and O–H groups in total. The zero-order valence-corrected chi connectivity index (χ0v) is 34.8. The van der Waals surface area contributed by atoms with Crippen molar-refractivity contribution in [1.29, 1.82) is 0 Å². The normalized spacial score (nSPS) is 13.7. The highest BCUT2D eigenvalue weighted by Crippen LogP contribution is 2.50. The number of hydrogen-bond donors (Lipinski definition) is 0. The van der Waals surface area contributed by atoms with Crippen LogP contribution in [0.15, 0.2) is 146 Å². The predicted molar refractivity (Wildman–Crippen MR) is 268 cm³/mol.